The minimum atomic E-state index is -3.68. The summed E-state index contributed by atoms with van der Waals surface area (Å²) in [5.74, 6) is -0.725. The fourth-order valence-electron chi connectivity index (χ4n) is 3.70. The Morgan fingerprint density at radius 3 is 2.29 bits per heavy atom. The van der Waals surface area contributed by atoms with Crippen LogP contribution in [0.15, 0.2) is 83.9 Å². The Hall–Kier alpha value is -3.62. The molecule has 0 spiro atoms. The van der Waals surface area contributed by atoms with Crippen LogP contribution in [0.5, 0.6) is 0 Å². The van der Waals surface area contributed by atoms with Crippen LogP contribution in [0, 0.1) is 0 Å². The van der Waals surface area contributed by atoms with Crippen molar-refractivity contribution in [3.05, 3.63) is 89.6 Å². The maximum Gasteiger partial charge on any atom is 0.244 e. The quantitative estimate of drug-likeness (QED) is 0.382. The molecule has 2 N–H and O–H groups in total. The van der Waals surface area contributed by atoms with Crippen LogP contribution >= 0.6 is 11.6 Å². The van der Waals surface area contributed by atoms with E-state index in [1.54, 1.807) is 77.4 Å². The van der Waals surface area contributed by atoms with E-state index < -0.39 is 9.84 Å². The molecule has 9 heteroatoms. The molecule has 4 rings (SSSR count). The smallest absolute Gasteiger partial charge is 0.244 e. The molecule has 0 saturated heterocycles. The molecule has 0 unspecified atom stereocenters. The van der Waals surface area contributed by atoms with E-state index in [1.807, 2.05) is 0 Å². The summed E-state index contributed by atoms with van der Waals surface area (Å²) in [4.78, 5) is 24.2. The third-order valence-corrected chi connectivity index (χ3v) is 7.10. The van der Waals surface area contributed by atoms with Gasteiger partial charge in [-0.15, -0.1) is 0 Å². The summed E-state index contributed by atoms with van der Waals surface area (Å²) in [6.07, 6.45) is 1.50. The maximum absolute atomic E-state index is 13.2. The van der Waals surface area contributed by atoms with Gasteiger partial charge in [-0.1, -0.05) is 48.0 Å². The number of carbonyl (C=O) groups excluding carboxylic acids is 2. The number of benzene rings is 3. The number of sulfone groups is 1. The highest BCUT2D eigenvalue weighted by molar-refractivity contribution is 7.90. The number of amides is 2. The lowest BCUT2D eigenvalue weighted by atomic mass is 10.2. The van der Waals surface area contributed by atoms with Gasteiger partial charge >= 0.3 is 0 Å². The molecular formula is C25H22ClN3O4S. The van der Waals surface area contributed by atoms with Gasteiger partial charge in [0.15, 0.2) is 9.84 Å². The second kappa shape index (κ2) is 9.70. The predicted octanol–water partition coefficient (Wildman–Crippen LogP) is 4.87. The Bertz CT molecular complexity index is 1480. The number of anilines is 2. The molecule has 2 amide bonds. The van der Waals surface area contributed by atoms with Gasteiger partial charge in [0.1, 0.15) is 6.54 Å². The Morgan fingerprint density at radius 2 is 1.59 bits per heavy atom. The summed E-state index contributed by atoms with van der Waals surface area (Å²) in [5.41, 5.74) is 2.34. The second-order valence-corrected chi connectivity index (χ2v) is 10.2. The van der Waals surface area contributed by atoms with E-state index in [1.165, 1.54) is 13.1 Å². The number of nitrogens with zero attached hydrogens (tertiary/aromatic N) is 1. The molecule has 0 radical (unpaired) electrons. The molecule has 0 aliphatic heterocycles. The Kier molecular flexibility index (Phi) is 6.72. The minimum absolute atomic E-state index is 0.0820. The van der Waals surface area contributed by atoms with Gasteiger partial charge in [0.25, 0.3) is 0 Å². The van der Waals surface area contributed by atoms with Gasteiger partial charge in [0.2, 0.25) is 11.8 Å². The van der Waals surface area contributed by atoms with Gasteiger partial charge in [-0.05, 0) is 42.0 Å². The van der Waals surface area contributed by atoms with Crippen LogP contribution in [-0.4, -0.2) is 24.8 Å². The van der Waals surface area contributed by atoms with Gasteiger partial charge in [-0.3, -0.25) is 9.59 Å². The lowest BCUT2D eigenvalue weighted by Crippen LogP contribution is -2.18. The standard InChI is InChI=1S/C25H22ClN3O4S/c1-17(30)27-20-5-4-6-21(13-20)28-25(31)15-29-14-24(22-7-2-3-8-23(22)29)34(32,33)16-18-9-11-19(26)12-10-18/h2-14H,15-16H2,1H3,(H,27,30)(H,28,31). The van der Waals surface area contributed by atoms with Gasteiger partial charge in [0, 0.05) is 40.4 Å². The first-order valence-electron chi connectivity index (χ1n) is 10.4. The maximum atomic E-state index is 13.2. The first-order valence-corrected chi connectivity index (χ1v) is 12.5. The van der Waals surface area contributed by atoms with Crippen molar-refractivity contribution in [2.75, 3.05) is 10.6 Å². The van der Waals surface area contributed by atoms with Crippen LogP contribution in [0.2, 0.25) is 5.02 Å². The van der Waals surface area contributed by atoms with Crippen LogP contribution < -0.4 is 10.6 Å². The fourth-order valence-corrected chi connectivity index (χ4v) is 5.41. The van der Waals surface area contributed by atoms with E-state index in [4.69, 9.17) is 11.6 Å². The molecule has 0 aliphatic rings. The van der Waals surface area contributed by atoms with Gasteiger partial charge in [0.05, 0.1) is 10.6 Å². The van der Waals surface area contributed by atoms with Crippen molar-refractivity contribution in [1.82, 2.24) is 4.57 Å². The summed E-state index contributed by atoms with van der Waals surface area (Å²) < 4.78 is 28.1. The first-order chi connectivity index (χ1) is 16.2. The number of halogens is 1. The summed E-state index contributed by atoms with van der Waals surface area (Å²) in [7, 11) is -3.68. The van der Waals surface area contributed by atoms with Crippen molar-refractivity contribution in [2.45, 2.75) is 24.1 Å². The molecule has 34 heavy (non-hydrogen) atoms. The number of rotatable bonds is 7. The lowest BCUT2D eigenvalue weighted by Gasteiger charge is -2.09. The van der Waals surface area contributed by atoms with E-state index in [2.05, 4.69) is 10.6 Å². The average Bonchev–Trinajstić information content (AvgIpc) is 3.14. The van der Waals surface area contributed by atoms with Gasteiger partial charge in [-0.25, -0.2) is 8.42 Å². The van der Waals surface area contributed by atoms with Crippen molar-refractivity contribution in [3.63, 3.8) is 0 Å². The first kappa shape index (κ1) is 23.5. The van der Waals surface area contributed by atoms with Crippen molar-refractivity contribution < 1.29 is 18.0 Å². The molecule has 0 saturated carbocycles. The number of fused-ring (bicyclic) bond motifs is 1. The molecule has 4 aromatic rings. The average molecular weight is 496 g/mol. The van der Waals surface area contributed by atoms with Crippen LogP contribution in [0.1, 0.15) is 12.5 Å². The second-order valence-electron chi connectivity index (χ2n) is 7.83. The van der Waals surface area contributed by atoms with E-state index in [0.29, 0.717) is 32.9 Å². The molecule has 3 aromatic carbocycles. The van der Waals surface area contributed by atoms with Crippen LogP contribution in [-0.2, 0) is 31.7 Å². The summed E-state index contributed by atoms with van der Waals surface area (Å²) in [5, 5.41) is 6.54. The zero-order chi connectivity index (χ0) is 24.3. The zero-order valence-corrected chi connectivity index (χ0v) is 19.9. The third-order valence-electron chi connectivity index (χ3n) is 5.14. The van der Waals surface area contributed by atoms with Crippen LogP contribution in [0.4, 0.5) is 11.4 Å². The Balaban J connectivity index is 1.59. The van der Waals surface area contributed by atoms with Gasteiger partial charge in [-0.2, -0.15) is 0 Å². The number of carbonyl (C=O) groups is 2. The molecular weight excluding hydrogens is 474 g/mol. The third kappa shape index (κ3) is 5.47. The minimum Gasteiger partial charge on any atom is -0.337 e. The normalized spacial score (nSPS) is 11.4. The number of nitrogens with one attached hydrogen (secondary N) is 2. The molecule has 0 atom stereocenters. The molecule has 0 bridgehead atoms. The van der Waals surface area contributed by atoms with E-state index in [9.17, 15) is 18.0 Å². The molecule has 174 valence electrons. The predicted molar refractivity (Wildman–Crippen MR) is 134 cm³/mol. The zero-order valence-electron chi connectivity index (χ0n) is 18.3. The molecule has 7 nitrogen and oxygen atoms in total. The monoisotopic (exact) mass is 495 g/mol. The molecule has 1 heterocycles. The summed E-state index contributed by atoms with van der Waals surface area (Å²) in [6, 6.07) is 20.5. The topological polar surface area (TPSA) is 97.3 Å². The highest BCUT2D eigenvalue weighted by atomic mass is 35.5. The number of aromatic nitrogens is 1. The Morgan fingerprint density at radius 1 is 0.912 bits per heavy atom. The van der Waals surface area contributed by atoms with Crippen LogP contribution in [0.3, 0.4) is 0 Å². The lowest BCUT2D eigenvalue weighted by molar-refractivity contribution is -0.116. The van der Waals surface area contributed by atoms with Crippen molar-refractivity contribution >= 4 is 55.5 Å². The van der Waals surface area contributed by atoms with Crippen molar-refractivity contribution in [1.29, 1.82) is 0 Å². The highest BCUT2D eigenvalue weighted by Crippen LogP contribution is 2.28. The summed E-state index contributed by atoms with van der Waals surface area (Å²) >= 11 is 5.91. The van der Waals surface area contributed by atoms with E-state index in [-0.39, 0.29) is 29.0 Å². The Labute approximate surface area is 202 Å². The number of hydrogen-bond donors (Lipinski definition) is 2. The van der Waals surface area contributed by atoms with Gasteiger partial charge < -0.3 is 15.2 Å². The SMILES string of the molecule is CC(=O)Nc1cccc(NC(=O)Cn2cc(S(=O)(=O)Cc3ccc(Cl)cc3)c3ccccc32)c1. The fraction of sp³-hybridized carbons (Fsp3) is 0.120. The van der Waals surface area contributed by atoms with Crippen molar-refractivity contribution in [3.8, 4) is 0 Å². The van der Waals surface area contributed by atoms with Crippen molar-refractivity contribution in [2.24, 2.45) is 0 Å². The molecule has 1 aromatic heterocycles. The van der Waals surface area contributed by atoms with E-state index in [0.717, 1.165) is 0 Å². The molecule has 0 fully saturated rings. The van der Waals surface area contributed by atoms with E-state index >= 15 is 0 Å². The largest absolute Gasteiger partial charge is 0.337 e. The van der Waals surface area contributed by atoms with Crippen LogP contribution in [0.25, 0.3) is 10.9 Å². The highest BCUT2D eigenvalue weighted by Gasteiger charge is 2.22. The molecule has 0 aliphatic carbocycles. The summed E-state index contributed by atoms with van der Waals surface area (Å²) in [6.45, 7) is 1.32. The number of para-hydroxylation sites is 1. The number of hydrogen-bond acceptors (Lipinski definition) is 4.